The number of ether oxygens (including phenoxy) is 1. The standard InChI is InChI=1S/C16H16FNO2/c1-2-12-6-8-15(9-7-12)20-11-16(19)18-14-5-3-4-13(17)10-14/h3-10H,2,11H2,1H3,(H,18,19). The van der Waals surface area contributed by atoms with E-state index in [9.17, 15) is 9.18 Å². The smallest absolute Gasteiger partial charge is 0.262 e. The molecule has 3 nitrogen and oxygen atoms in total. The van der Waals surface area contributed by atoms with Crippen LogP contribution in [0, 0.1) is 5.82 Å². The molecular weight excluding hydrogens is 257 g/mol. The molecule has 0 saturated carbocycles. The Hall–Kier alpha value is -2.36. The molecule has 104 valence electrons. The van der Waals surface area contributed by atoms with Gasteiger partial charge in [-0.2, -0.15) is 0 Å². The van der Waals surface area contributed by atoms with Crippen LogP contribution in [0.3, 0.4) is 0 Å². The predicted molar refractivity (Wildman–Crippen MR) is 76.3 cm³/mol. The van der Waals surface area contributed by atoms with Crippen LogP contribution in [0.5, 0.6) is 5.75 Å². The van der Waals surface area contributed by atoms with Crippen LogP contribution in [-0.4, -0.2) is 12.5 Å². The Morgan fingerprint density at radius 2 is 1.95 bits per heavy atom. The first-order valence-corrected chi connectivity index (χ1v) is 6.44. The van der Waals surface area contributed by atoms with E-state index in [4.69, 9.17) is 4.74 Å². The lowest BCUT2D eigenvalue weighted by Crippen LogP contribution is -2.20. The number of halogens is 1. The highest BCUT2D eigenvalue weighted by atomic mass is 19.1. The first-order valence-electron chi connectivity index (χ1n) is 6.44. The van der Waals surface area contributed by atoms with Crippen LogP contribution in [0.15, 0.2) is 48.5 Å². The van der Waals surface area contributed by atoms with Gasteiger partial charge in [0.05, 0.1) is 0 Å². The summed E-state index contributed by atoms with van der Waals surface area (Å²) < 4.78 is 18.3. The fraction of sp³-hybridized carbons (Fsp3) is 0.188. The SMILES string of the molecule is CCc1ccc(OCC(=O)Nc2cccc(F)c2)cc1. The van der Waals surface area contributed by atoms with E-state index in [2.05, 4.69) is 12.2 Å². The van der Waals surface area contributed by atoms with Gasteiger partial charge in [-0.05, 0) is 42.3 Å². The van der Waals surface area contributed by atoms with Crippen molar-refractivity contribution in [2.24, 2.45) is 0 Å². The summed E-state index contributed by atoms with van der Waals surface area (Å²) in [6, 6.07) is 13.3. The van der Waals surface area contributed by atoms with Gasteiger partial charge in [0.1, 0.15) is 11.6 Å². The molecule has 0 atom stereocenters. The number of anilines is 1. The molecule has 0 aliphatic carbocycles. The monoisotopic (exact) mass is 273 g/mol. The number of hydrogen-bond acceptors (Lipinski definition) is 2. The second-order valence-corrected chi connectivity index (χ2v) is 4.34. The quantitative estimate of drug-likeness (QED) is 0.906. The molecule has 2 aromatic rings. The van der Waals surface area contributed by atoms with Crippen molar-refractivity contribution in [3.63, 3.8) is 0 Å². The molecule has 0 spiro atoms. The second-order valence-electron chi connectivity index (χ2n) is 4.34. The van der Waals surface area contributed by atoms with E-state index in [1.54, 1.807) is 6.07 Å². The number of nitrogens with one attached hydrogen (secondary N) is 1. The Kier molecular flexibility index (Phi) is 4.71. The number of carbonyl (C=O) groups excluding carboxylic acids is 1. The summed E-state index contributed by atoms with van der Waals surface area (Å²) in [6.45, 7) is 1.96. The van der Waals surface area contributed by atoms with Crippen molar-refractivity contribution in [2.75, 3.05) is 11.9 Å². The Morgan fingerprint density at radius 1 is 1.20 bits per heavy atom. The molecule has 20 heavy (non-hydrogen) atoms. The zero-order chi connectivity index (χ0) is 14.4. The molecule has 2 aromatic carbocycles. The molecule has 0 aromatic heterocycles. The van der Waals surface area contributed by atoms with Crippen LogP contribution in [0.4, 0.5) is 10.1 Å². The van der Waals surface area contributed by atoms with Gasteiger partial charge in [-0.1, -0.05) is 25.1 Å². The van der Waals surface area contributed by atoms with Crippen LogP contribution in [0.25, 0.3) is 0 Å². The molecule has 0 aliphatic heterocycles. The lowest BCUT2D eigenvalue weighted by molar-refractivity contribution is -0.118. The van der Waals surface area contributed by atoms with Crippen LogP contribution < -0.4 is 10.1 Å². The van der Waals surface area contributed by atoms with Crippen molar-refractivity contribution in [3.05, 3.63) is 59.9 Å². The topological polar surface area (TPSA) is 38.3 Å². The second kappa shape index (κ2) is 6.70. The average Bonchev–Trinajstić information content (AvgIpc) is 2.46. The van der Waals surface area contributed by atoms with E-state index in [1.807, 2.05) is 24.3 Å². The number of benzene rings is 2. The summed E-state index contributed by atoms with van der Waals surface area (Å²) in [7, 11) is 0. The number of aryl methyl sites for hydroxylation is 1. The molecule has 4 heteroatoms. The third kappa shape index (κ3) is 4.09. The van der Waals surface area contributed by atoms with Crippen molar-refractivity contribution < 1.29 is 13.9 Å². The summed E-state index contributed by atoms with van der Waals surface area (Å²) in [6.07, 6.45) is 0.959. The highest BCUT2D eigenvalue weighted by molar-refractivity contribution is 5.91. The van der Waals surface area contributed by atoms with Gasteiger partial charge in [-0.25, -0.2) is 4.39 Å². The molecular formula is C16H16FNO2. The minimum Gasteiger partial charge on any atom is -0.484 e. The van der Waals surface area contributed by atoms with E-state index in [-0.39, 0.29) is 18.3 Å². The van der Waals surface area contributed by atoms with E-state index >= 15 is 0 Å². The molecule has 0 unspecified atom stereocenters. The van der Waals surface area contributed by atoms with Gasteiger partial charge in [0.2, 0.25) is 0 Å². The van der Waals surface area contributed by atoms with Crippen molar-refractivity contribution >= 4 is 11.6 Å². The van der Waals surface area contributed by atoms with Gasteiger partial charge >= 0.3 is 0 Å². The van der Waals surface area contributed by atoms with Crippen LogP contribution >= 0.6 is 0 Å². The fourth-order valence-electron chi connectivity index (χ4n) is 1.73. The average molecular weight is 273 g/mol. The van der Waals surface area contributed by atoms with Crippen molar-refractivity contribution in [1.82, 2.24) is 0 Å². The molecule has 0 bridgehead atoms. The number of carbonyl (C=O) groups is 1. The summed E-state index contributed by atoms with van der Waals surface area (Å²) in [4.78, 5) is 11.7. The molecule has 0 aliphatic rings. The first kappa shape index (κ1) is 14.1. The van der Waals surface area contributed by atoms with Crippen molar-refractivity contribution in [2.45, 2.75) is 13.3 Å². The van der Waals surface area contributed by atoms with E-state index in [0.29, 0.717) is 11.4 Å². The molecule has 2 rings (SSSR count). The maximum Gasteiger partial charge on any atom is 0.262 e. The molecule has 0 saturated heterocycles. The number of hydrogen-bond donors (Lipinski definition) is 1. The molecule has 1 amide bonds. The van der Waals surface area contributed by atoms with Gasteiger partial charge in [-0.3, -0.25) is 4.79 Å². The summed E-state index contributed by atoms with van der Waals surface area (Å²) >= 11 is 0. The Labute approximate surface area is 117 Å². The fourth-order valence-corrected chi connectivity index (χ4v) is 1.73. The largest absolute Gasteiger partial charge is 0.484 e. The van der Waals surface area contributed by atoms with Gasteiger partial charge in [-0.15, -0.1) is 0 Å². The minimum atomic E-state index is -0.390. The highest BCUT2D eigenvalue weighted by Crippen LogP contribution is 2.13. The normalized spacial score (nSPS) is 10.1. The van der Waals surface area contributed by atoms with Crippen molar-refractivity contribution in [1.29, 1.82) is 0 Å². The van der Waals surface area contributed by atoms with Crippen LogP contribution in [0.2, 0.25) is 0 Å². The lowest BCUT2D eigenvalue weighted by atomic mass is 10.2. The van der Waals surface area contributed by atoms with Gasteiger partial charge < -0.3 is 10.1 Å². The Morgan fingerprint density at radius 3 is 2.60 bits per heavy atom. The Balaban J connectivity index is 1.85. The number of rotatable bonds is 5. The lowest BCUT2D eigenvalue weighted by Gasteiger charge is -2.08. The molecule has 0 fully saturated rings. The Bertz CT molecular complexity index is 581. The van der Waals surface area contributed by atoms with Crippen molar-refractivity contribution in [3.8, 4) is 5.75 Å². The summed E-state index contributed by atoms with van der Waals surface area (Å²) in [5.41, 5.74) is 1.63. The number of amides is 1. The molecule has 0 heterocycles. The molecule has 1 N–H and O–H groups in total. The molecule has 0 radical (unpaired) electrons. The summed E-state index contributed by atoms with van der Waals surface area (Å²) in [5.74, 6) is -0.0781. The minimum absolute atomic E-state index is 0.109. The highest BCUT2D eigenvalue weighted by Gasteiger charge is 2.04. The van der Waals surface area contributed by atoms with Gasteiger partial charge in [0, 0.05) is 5.69 Å². The maximum absolute atomic E-state index is 13.0. The van der Waals surface area contributed by atoms with Gasteiger partial charge in [0.25, 0.3) is 5.91 Å². The third-order valence-corrected chi connectivity index (χ3v) is 2.81. The van der Waals surface area contributed by atoms with E-state index in [0.717, 1.165) is 6.42 Å². The predicted octanol–water partition coefficient (Wildman–Crippen LogP) is 3.41. The van der Waals surface area contributed by atoms with Crippen LogP contribution in [0.1, 0.15) is 12.5 Å². The third-order valence-electron chi connectivity index (χ3n) is 2.81. The zero-order valence-corrected chi connectivity index (χ0v) is 11.2. The summed E-state index contributed by atoms with van der Waals surface area (Å²) in [5, 5.41) is 2.57. The van der Waals surface area contributed by atoms with Crippen LogP contribution in [-0.2, 0) is 11.2 Å². The van der Waals surface area contributed by atoms with Gasteiger partial charge in [0.15, 0.2) is 6.61 Å². The van der Waals surface area contributed by atoms with E-state index in [1.165, 1.54) is 23.8 Å². The zero-order valence-electron chi connectivity index (χ0n) is 11.2. The van der Waals surface area contributed by atoms with E-state index < -0.39 is 0 Å². The maximum atomic E-state index is 13.0. The first-order chi connectivity index (χ1) is 9.67.